The van der Waals surface area contributed by atoms with Crippen molar-refractivity contribution in [2.45, 2.75) is 113 Å². The molecule has 0 radical (unpaired) electrons. The zero-order valence-corrected chi connectivity index (χ0v) is 28.9. The van der Waals surface area contributed by atoms with Gasteiger partial charge in [-0.15, -0.1) is 0 Å². The Labute approximate surface area is 274 Å². The number of rotatable bonds is 12. The van der Waals surface area contributed by atoms with Crippen molar-refractivity contribution in [2.75, 3.05) is 0 Å². The smallest absolute Gasteiger partial charge is 0.428 e. The number of carbonyl (C=O) groups excluding carboxylic acids is 3. The van der Waals surface area contributed by atoms with Crippen molar-refractivity contribution in [3.63, 3.8) is 0 Å². The third kappa shape index (κ3) is 11.0. The van der Waals surface area contributed by atoms with Gasteiger partial charge in [-0.1, -0.05) is 20.8 Å². The summed E-state index contributed by atoms with van der Waals surface area (Å²) < 4.78 is 32.4. The van der Waals surface area contributed by atoms with Gasteiger partial charge in [-0.3, -0.25) is 0 Å². The summed E-state index contributed by atoms with van der Waals surface area (Å²) in [5, 5.41) is 0. The molecule has 248 valence electrons. The highest BCUT2D eigenvalue weighted by Gasteiger charge is 2.30. The predicted molar refractivity (Wildman–Crippen MR) is 176 cm³/mol. The van der Waals surface area contributed by atoms with Crippen LogP contribution in [0.3, 0.4) is 0 Å². The van der Waals surface area contributed by atoms with Gasteiger partial charge in [0, 0.05) is 0 Å². The lowest BCUT2D eigenvalue weighted by molar-refractivity contribution is 0.00590. The van der Waals surface area contributed by atoms with Gasteiger partial charge in [0.2, 0.25) is 0 Å². The molecule has 0 aliphatic heterocycles. The minimum absolute atomic E-state index is 0.346. The van der Waals surface area contributed by atoms with Crippen LogP contribution in [0.1, 0.15) is 81.6 Å². The van der Waals surface area contributed by atoms with Crippen molar-refractivity contribution in [1.29, 1.82) is 0 Å². The second kappa shape index (κ2) is 15.4. The van der Waals surface area contributed by atoms with Crippen molar-refractivity contribution in [3.05, 3.63) is 72.8 Å². The highest BCUT2D eigenvalue weighted by Crippen LogP contribution is 2.34. The van der Waals surface area contributed by atoms with E-state index in [9.17, 15) is 14.4 Å². The Morgan fingerprint density at radius 1 is 0.457 bits per heavy atom. The van der Waals surface area contributed by atoms with Gasteiger partial charge in [-0.05, 0) is 134 Å². The molecule has 0 aliphatic rings. The molecule has 0 bridgehead atoms. The van der Waals surface area contributed by atoms with E-state index >= 15 is 0 Å². The Hall–Kier alpha value is -4.18. The summed E-state index contributed by atoms with van der Waals surface area (Å²) in [6, 6.07) is 21.5. The van der Waals surface area contributed by atoms with Crippen molar-refractivity contribution in [3.8, 4) is 17.2 Å². The number of hydrogen-bond acceptors (Lipinski definition) is 9. The fraction of sp³-hybridized carbons (Fsp3) is 0.417. The van der Waals surface area contributed by atoms with Gasteiger partial charge in [0.25, 0.3) is 0 Å². The van der Waals surface area contributed by atoms with Crippen LogP contribution in [-0.2, 0) is 25.1 Å². The Bertz CT molecular complexity index is 1280. The Kier molecular flexibility index (Phi) is 12.2. The first-order valence-corrected chi connectivity index (χ1v) is 16.5. The van der Waals surface area contributed by atoms with Crippen LogP contribution in [0.2, 0.25) is 0 Å². The Balaban J connectivity index is 1.87. The predicted octanol–water partition coefficient (Wildman–Crippen LogP) is 9.89. The van der Waals surface area contributed by atoms with Gasteiger partial charge in [-0.2, -0.15) is 0 Å². The van der Waals surface area contributed by atoms with E-state index in [2.05, 4.69) is 0 Å². The number of ether oxygens (including phenoxy) is 6. The first-order valence-electron chi connectivity index (χ1n) is 15.3. The maximum absolute atomic E-state index is 12.3. The van der Waals surface area contributed by atoms with Crippen molar-refractivity contribution in [2.24, 2.45) is 0 Å². The molecule has 0 amide bonds. The van der Waals surface area contributed by atoms with Gasteiger partial charge in [0.05, 0.1) is 10.9 Å². The lowest BCUT2D eigenvalue weighted by Gasteiger charge is -2.22. The van der Waals surface area contributed by atoms with Crippen molar-refractivity contribution < 1.29 is 42.8 Å². The molecule has 0 fully saturated rings. The molecule has 0 N–H and O–H groups in total. The fourth-order valence-electron chi connectivity index (χ4n) is 3.58. The molecule has 0 aliphatic carbocycles. The van der Waals surface area contributed by atoms with Crippen LogP contribution >= 0.6 is 0 Å². The fourth-order valence-corrected chi connectivity index (χ4v) is 5.63. The van der Waals surface area contributed by atoms with E-state index in [0.29, 0.717) is 36.5 Å². The summed E-state index contributed by atoms with van der Waals surface area (Å²) in [5.74, 6) is 1.04. The highest BCUT2D eigenvalue weighted by atomic mass is 32.2. The summed E-state index contributed by atoms with van der Waals surface area (Å²) >= 11 is 0. The first-order chi connectivity index (χ1) is 21.5. The molecule has 3 rings (SSSR count). The molecular weight excluding hydrogens is 608 g/mol. The molecule has 0 saturated heterocycles. The molecule has 0 unspecified atom stereocenters. The van der Waals surface area contributed by atoms with Crippen molar-refractivity contribution in [1.82, 2.24) is 0 Å². The molecular formula is C36H45O9S+. The maximum Gasteiger partial charge on any atom is 0.514 e. The monoisotopic (exact) mass is 653 g/mol. The Morgan fingerprint density at radius 3 is 0.870 bits per heavy atom. The van der Waals surface area contributed by atoms with Gasteiger partial charge >= 0.3 is 18.5 Å². The average Bonchev–Trinajstić information content (AvgIpc) is 2.99. The third-order valence-electron chi connectivity index (χ3n) is 7.42. The minimum atomic E-state index is -0.772. The molecule has 0 heterocycles. The summed E-state index contributed by atoms with van der Waals surface area (Å²) in [7, 11) is -0.645. The topological polar surface area (TPSA) is 107 Å². The summed E-state index contributed by atoms with van der Waals surface area (Å²) in [5.41, 5.74) is -1.91. The molecule has 0 aromatic heterocycles. The van der Waals surface area contributed by atoms with Crippen LogP contribution < -0.4 is 14.2 Å². The average molecular weight is 654 g/mol. The summed E-state index contributed by atoms with van der Waals surface area (Å²) in [6.45, 7) is 16.7. The van der Waals surface area contributed by atoms with Gasteiger partial charge in [-0.25, -0.2) is 14.4 Å². The molecule has 3 aromatic carbocycles. The molecule has 0 atom stereocenters. The van der Waals surface area contributed by atoms with E-state index in [4.69, 9.17) is 28.4 Å². The molecule has 0 spiro atoms. The zero-order chi connectivity index (χ0) is 34.1. The quantitative estimate of drug-likeness (QED) is 0.0817. The van der Waals surface area contributed by atoms with E-state index < -0.39 is 46.2 Å². The summed E-state index contributed by atoms with van der Waals surface area (Å²) in [6.07, 6.45) is -0.377. The van der Waals surface area contributed by atoms with Crippen LogP contribution in [0.4, 0.5) is 14.4 Å². The second-order valence-electron chi connectivity index (χ2n) is 12.4. The van der Waals surface area contributed by atoms with Gasteiger partial charge < -0.3 is 28.4 Å². The van der Waals surface area contributed by atoms with E-state index in [1.54, 1.807) is 36.4 Å². The Morgan fingerprint density at radius 2 is 0.674 bits per heavy atom. The highest BCUT2D eigenvalue weighted by molar-refractivity contribution is 7.97. The van der Waals surface area contributed by atoms with Crippen LogP contribution in [0.5, 0.6) is 17.2 Å². The van der Waals surface area contributed by atoms with E-state index in [1.807, 2.05) is 98.7 Å². The van der Waals surface area contributed by atoms with Crippen LogP contribution in [0.25, 0.3) is 0 Å². The molecule has 10 heteroatoms. The standard InChI is InChI=1S/C36H45O9S/c1-10-34(4,5)43-31(37)40-25-13-19-28(20-14-25)46(29-21-15-26(16-22-29)41-32(38)44-35(6,7)11-2)30-23-17-27(18-24-30)42-33(39)45-36(8,9)12-3/h13-24H,10-12H2,1-9H3/q+1. The number of hydrogen-bond donors (Lipinski definition) is 0. The van der Waals surface area contributed by atoms with Crippen LogP contribution in [0, 0.1) is 0 Å². The van der Waals surface area contributed by atoms with E-state index in [0.717, 1.165) is 14.7 Å². The van der Waals surface area contributed by atoms with Crippen molar-refractivity contribution >= 4 is 29.4 Å². The normalized spacial score (nSPS) is 11.9. The molecule has 46 heavy (non-hydrogen) atoms. The zero-order valence-electron chi connectivity index (χ0n) is 28.1. The largest absolute Gasteiger partial charge is 0.514 e. The number of carbonyl (C=O) groups is 3. The summed E-state index contributed by atoms with van der Waals surface area (Å²) in [4.78, 5) is 39.7. The van der Waals surface area contributed by atoms with E-state index in [1.165, 1.54) is 0 Å². The van der Waals surface area contributed by atoms with Gasteiger partial charge in [0.15, 0.2) is 14.7 Å². The molecule has 3 aromatic rings. The lowest BCUT2D eigenvalue weighted by atomic mass is 10.1. The molecule has 0 saturated carbocycles. The molecule has 9 nitrogen and oxygen atoms in total. The number of benzene rings is 3. The SMILES string of the molecule is CCC(C)(C)OC(=O)Oc1ccc([S+](c2ccc(OC(=O)OC(C)(C)CC)cc2)c2ccc(OC(=O)OC(C)(C)CC)cc2)cc1. The minimum Gasteiger partial charge on any atom is -0.428 e. The van der Waals surface area contributed by atoms with Crippen LogP contribution in [-0.4, -0.2) is 35.3 Å². The van der Waals surface area contributed by atoms with Gasteiger partial charge in [0.1, 0.15) is 34.1 Å². The third-order valence-corrected chi connectivity index (χ3v) is 9.65. The maximum atomic E-state index is 12.3. The second-order valence-corrected chi connectivity index (χ2v) is 14.4. The van der Waals surface area contributed by atoms with Crippen LogP contribution in [0.15, 0.2) is 87.5 Å². The van der Waals surface area contributed by atoms with E-state index in [-0.39, 0.29) is 0 Å². The first kappa shape index (κ1) is 36.3. The lowest BCUT2D eigenvalue weighted by Crippen LogP contribution is -2.28.